The number of nitro groups is 1. The third-order valence-corrected chi connectivity index (χ3v) is 3.65. The Kier molecular flexibility index (Phi) is 3.24. The predicted octanol–water partition coefficient (Wildman–Crippen LogP) is 3.39. The predicted molar refractivity (Wildman–Crippen MR) is 88.8 cm³/mol. The minimum atomic E-state index is -0.415. The summed E-state index contributed by atoms with van der Waals surface area (Å²) >= 11 is 0. The molecule has 0 aliphatic heterocycles. The number of nitro benzene ring substituents is 1. The van der Waals surface area contributed by atoms with E-state index in [1.807, 2.05) is 28.8 Å². The molecule has 0 spiro atoms. The Bertz CT molecular complexity index is 1040. The molecule has 0 fully saturated rings. The van der Waals surface area contributed by atoms with Gasteiger partial charge in [-0.2, -0.15) is 0 Å². The molecule has 1 aromatic carbocycles. The lowest BCUT2D eigenvalue weighted by molar-refractivity contribution is -0.384. The molecule has 0 amide bonds. The molecule has 24 heavy (non-hydrogen) atoms. The Morgan fingerprint density at radius 2 is 1.83 bits per heavy atom. The van der Waals surface area contributed by atoms with Crippen molar-refractivity contribution in [3.8, 4) is 17.1 Å². The van der Waals surface area contributed by atoms with Crippen LogP contribution in [0.25, 0.3) is 28.2 Å². The fourth-order valence-electron chi connectivity index (χ4n) is 2.60. The van der Waals surface area contributed by atoms with Gasteiger partial charge in [0.25, 0.3) is 5.69 Å². The number of hydrogen-bond donors (Lipinski definition) is 0. The van der Waals surface area contributed by atoms with E-state index in [1.165, 1.54) is 12.1 Å². The van der Waals surface area contributed by atoms with Crippen molar-refractivity contribution in [1.82, 2.24) is 19.5 Å². The van der Waals surface area contributed by atoms with Gasteiger partial charge in [-0.25, -0.2) is 9.97 Å². The van der Waals surface area contributed by atoms with Gasteiger partial charge >= 0.3 is 0 Å². The molecule has 0 aliphatic carbocycles. The van der Waals surface area contributed by atoms with E-state index in [4.69, 9.17) is 0 Å². The number of nitrogens with zero attached hydrogens (tertiary/aromatic N) is 5. The molecule has 3 aromatic heterocycles. The highest BCUT2D eigenvalue weighted by Crippen LogP contribution is 2.28. The van der Waals surface area contributed by atoms with E-state index in [1.54, 1.807) is 30.7 Å². The Hall–Kier alpha value is -3.61. The van der Waals surface area contributed by atoms with Crippen molar-refractivity contribution in [2.45, 2.75) is 0 Å². The molecule has 0 atom stereocenters. The van der Waals surface area contributed by atoms with Crippen LogP contribution in [0.15, 0.2) is 67.1 Å². The van der Waals surface area contributed by atoms with Crippen molar-refractivity contribution in [3.05, 3.63) is 77.2 Å². The normalized spacial score (nSPS) is 10.8. The maximum atomic E-state index is 11.1. The summed E-state index contributed by atoms with van der Waals surface area (Å²) in [4.78, 5) is 23.7. The van der Waals surface area contributed by atoms with Crippen LogP contribution in [-0.4, -0.2) is 24.4 Å². The van der Waals surface area contributed by atoms with Crippen LogP contribution in [0.2, 0.25) is 0 Å². The van der Waals surface area contributed by atoms with E-state index in [2.05, 4.69) is 15.0 Å². The van der Waals surface area contributed by atoms with E-state index in [-0.39, 0.29) is 5.69 Å². The van der Waals surface area contributed by atoms with Crippen LogP contribution in [0.1, 0.15) is 0 Å². The largest absolute Gasteiger partial charge is 0.276 e. The average molecular weight is 317 g/mol. The molecule has 0 saturated heterocycles. The van der Waals surface area contributed by atoms with Gasteiger partial charge in [0.2, 0.25) is 0 Å². The van der Waals surface area contributed by atoms with Gasteiger partial charge in [-0.15, -0.1) is 0 Å². The molecule has 4 aromatic rings. The number of benzene rings is 1. The van der Waals surface area contributed by atoms with Crippen molar-refractivity contribution >= 4 is 16.9 Å². The number of non-ortho nitro benzene ring substituents is 1. The van der Waals surface area contributed by atoms with Gasteiger partial charge in [-0.3, -0.25) is 19.7 Å². The van der Waals surface area contributed by atoms with Crippen LogP contribution in [-0.2, 0) is 0 Å². The first-order valence-corrected chi connectivity index (χ1v) is 7.23. The number of hydrogen-bond acceptors (Lipinski definition) is 5. The van der Waals surface area contributed by atoms with E-state index >= 15 is 0 Å². The summed E-state index contributed by atoms with van der Waals surface area (Å²) in [7, 11) is 0. The summed E-state index contributed by atoms with van der Waals surface area (Å²) < 4.78 is 1.82. The molecule has 0 radical (unpaired) electrons. The van der Waals surface area contributed by atoms with Gasteiger partial charge in [0, 0.05) is 36.3 Å². The molecule has 0 aliphatic rings. The van der Waals surface area contributed by atoms with Gasteiger partial charge in [0.05, 0.1) is 10.6 Å². The monoisotopic (exact) mass is 317 g/mol. The minimum absolute atomic E-state index is 0.0194. The van der Waals surface area contributed by atoms with Gasteiger partial charge in [0.15, 0.2) is 5.65 Å². The van der Waals surface area contributed by atoms with Gasteiger partial charge < -0.3 is 0 Å². The third-order valence-electron chi connectivity index (χ3n) is 3.65. The smallest absolute Gasteiger partial charge is 0.271 e. The number of rotatable bonds is 3. The summed E-state index contributed by atoms with van der Waals surface area (Å²) in [6, 6.07) is 13.8. The van der Waals surface area contributed by atoms with Crippen LogP contribution >= 0.6 is 0 Å². The minimum Gasteiger partial charge on any atom is -0.276 e. The first kappa shape index (κ1) is 14.0. The fraction of sp³-hybridized carbons (Fsp3) is 0. The Balaban J connectivity index is 2.03. The Labute approximate surface area is 136 Å². The molecule has 7 heteroatoms. The molecule has 116 valence electrons. The molecular formula is C17H11N5O2. The van der Waals surface area contributed by atoms with Crippen LogP contribution in [0.5, 0.6) is 0 Å². The summed E-state index contributed by atoms with van der Waals surface area (Å²) in [6.07, 6.45) is 5.04. The number of aromatic nitrogens is 4. The maximum absolute atomic E-state index is 11.1. The summed E-state index contributed by atoms with van der Waals surface area (Å²) in [5.41, 5.74) is 2.87. The second kappa shape index (κ2) is 5.54. The van der Waals surface area contributed by atoms with Crippen molar-refractivity contribution in [2.75, 3.05) is 0 Å². The molecule has 3 heterocycles. The molecule has 7 nitrogen and oxygen atoms in total. The van der Waals surface area contributed by atoms with Crippen LogP contribution in [0, 0.1) is 10.1 Å². The lowest BCUT2D eigenvalue weighted by Crippen LogP contribution is -2.00. The Morgan fingerprint density at radius 1 is 1.00 bits per heavy atom. The number of pyridine rings is 2. The second-order valence-corrected chi connectivity index (χ2v) is 5.13. The van der Waals surface area contributed by atoms with Gasteiger partial charge in [-0.05, 0) is 30.3 Å². The van der Waals surface area contributed by atoms with E-state index in [0.29, 0.717) is 17.2 Å². The summed E-state index contributed by atoms with van der Waals surface area (Å²) in [5, 5.41) is 11.1. The highest BCUT2D eigenvalue weighted by Gasteiger charge is 2.16. The quantitative estimate of drug-likeness (QED) is 0.427. The highest BCUT2D eigenvalue weighted by molar-refractivity contribution is 5.80. The van der Waals surface area contributed by atoms with Crippen molar-refractivity contribution < 1.29 is 4.92 Å². The maximum Gasteiger partial charge on any atom is 0.271 e. The molecular weight excluding hydrogens is 306 g/mol. The molecule has 0 bridgehead atoms. The molecule has 0 saturated carbocycles. The number of fused-ring (bicyclic) bond motifs is 1. The summed E-state index contributed by atoms with van der Waals surface area (Å²) in [6.45, 7) is 0. The third kappa shape index (κ3) is 2.28. The standard InChI is InChI=1S/C17H11N5O2/c23-22(24)14-4-1-3-13(11-14)21-16(12-6-9-18-10-7-12)20-15-5-2-8-19-17(15)21/h1-11H. The average Bonchev–Trinajstić information content (AvgIpc) is 3.02. The lowest BCUT2D eigenvalue weighted by Gasteiger charge is -2.08. The zero-order valence-corrected chi connectivity index (χ0v) is 12.4. The highest BCUT2D eigenvalue weighted by atomic mass is 16.6. The molecule has 0 N–H and O–H groups in total. The lowest BCUT2D eigenvalue weighted by atomic mass is 10.2. The van der Waals surface area contributed by atoms with E-state index in [0.717, 1.165) is 11.1 Å². The first-order chi connectivity index (χ1) is 11.7. The van der Waals surface area contributed by atoms with Crippen LogP contribution in [0.3, 0.4) is 0 Å². The zero-order valence-electron chi connectivity index (χ0n) is 12.4. The van der Waals surface area contributed by atoms with Crippen molar-refractivity contribution in [3.63, 3.8) is 0 Å². The van der Waals surface area contributed by atoms with Gasteiger partial charge in [-0.1, -0.05) is 6.07 Å². The van der Waals surface area contributed by atoms with Crippen molar-refractivity contribution in [1.29, 1.82) is 0 Å². The molecule has 4 rings (SSSR count). The van der Waals surface area contributed by atoms with Crippen molar-refractivity contribution in [2.24, 2.45) is 0 Å². The second-order valence-electron chi connectivity index (χ2n) is 5.13. The zero-order chi connectivity index (χ0) is 16.5. The fourth-order valence-corrected chi connectivity index (χ4v) is 2.60. The van der Waals surface area contributed by atoms with Crippen LogP contribution < -0.4 is 0 Å². The summed E-state index contributed by atoms with van der Waals surface area (Å²) in [5.74, 6) is 0.659. The topological polar surface area (TPSA) is 86.7 Å². The SMILES string of the molecule is O=[N+]([O-])c1cccc(-n2c(-c3ccncc3)nc3cccnc32)c1. The van der Waals surface area contributed by atoms with E-state index in [9.17, 15) is 10.1 Å². The van der Waals surface area contributed by atoms with E-state index < -0.39 is 4.92 Å². The number of imidazole rings is 1. The van der Waals surface area contributed by atoms with Gasteiger partial charge in [0.1, 0.15) is 11.3 Å². The first-order valence-electron chi connectivity index (χ1n) is 7.23. The van der Waals surface area contributed by atoms with Crippen LogP contribution in [0.4, 0.5) is 5.69 Å². The Morgan fingerprint density at radius 3 is 2.62 bits per heavy atom. The molecule has 0 unspecified atom stereocenters.